The highest BCUT2D eigenvalue weighted by atomic mass is 79.9. The number of aryl methyl sites for hydroxylation is 1. The summed E-state index contributed by atoms with van der Waals surface area (Å²) in [5, 5.41) is 0.932. The molecule has 0 saturated carbocycles. The molecule has 0 nitrogen and oxygen atoms in total. The maximum Gasteiger partial charge on any atom is 0.125 e. The molecule has 0 radical (unpaired) electrons. The van der Waals surface area contributed by atoms with Gasteiger partial charge in [0.2, 0.25) is 0 Å². The van der Waals surface area contributed by atoms with Gasteiger partial charge in [-0.25, -0.2) is 8.78 Å². The minimum Gasteiger partial charge on any atom is -0.207 e. The van der Waals surface area contributed by atoms with E-state index in [1.165, 1.54) is 24.3 Å². The van der Waals surface area contributed by atoms with Crippen molar-refractivity contribution in [1.29, 1.82) is 0 Å². The zero-order chi connectivity index (χ0) is 14.6. The number of halogens is 5. The Balaban J connectivity index is 0.000000191. The molecular weight excluding hydrogens is 357 g/mol. The molecule has 0 aliphatic heterocycles. The standard InChI is InChI=1S/C7H5BrClF.C7H6ClF/c1-4-6(8)2-5(10)3-7(4)9;1-5-2-3-6(9)4-7(5)8/h2-3H,1H3;2-4H,1H3. The molecule has 2 rings (SSSR count). The van der Waals surface area contributed by atoms with E-state index in [2.05, 4.69) is 15.9 Å². The largest absolute Gasteiger partial charge is 0.207 e. The van der Waals surface area contributed by atoms with E-state index in [0.29, 0.717) is 14.5 Å². The van der Waals surface area contributed by atoms with Crippen LogP contribution in [0.1, 0.15) is 11.1 Å². The summed E-state index contributed by atoms with van der Waals surface area (Å²) in [5.41, 5.74) is 1.76. The number of rotatable bonds is 0. The second-order valence-electron chi connectivity index (χ2n) is 3.89. The van der Waals surface area contributed by atoms with Crippen molar-refractivity contribution in [1.82, 2.24) is 0 Å². The molecule has 0 aliphatic rings. The van der Waals surface area contributed by atoms with E-state index in [9.17, 15) is 8.78 Å². The van der Waals surface area contributed by atoms with Crippen LogP contribution in [0, 0.1) is 25.5 Å². The zero-order valence-electron chi connectivity index (χ0n) is 10.3. The summed E-state index contributed by atoms with van der Waals surface area (Å²) in [4.78, 5) is 0. The van der Waals surface area contributed by atoms with Crippen molar-refractivity contribution < 1.29 is 8.78 Å². The lowest BCUT2D eigenvalue weighted by Gasteiger charge is -1.99. The Morgan fingerprint density at radius 2 is 1.47 bits per heavy atom. The van der Waals surface area contributed by atoms with Crippen LogP contribution in [0.2, 0.25) is 10.0 Å². The molecule has 0 amide bonds. The van der Waals surface area contributed by atoms with Crippen LogP contribution in [0.15, 0.2) is 34.8 Å². The lowest BCUT2D eigenvalue weighted by molar-refractivity contribution is 0.626. The van der Waals surface area contributed by atoms with E-state index >= 15 is 0 Å². The first-order chi connectivity index (χ1) is 8.81. The van der Waals surface area contributed by atoms with E-state index in [1.807, 2.05) is 13.8 Å². The topological polar surface area (TPSA) is 0 Å². The molecule has 0 bridgehead atoms. The summed E-state index contributed by atoms with van der Waals surface area (Å²) < 4.78 is 25.5. The highest BCUT2D eigenvalue weighted by Crippen LogP contribution is 2.24. The predicted octanol–water partition coefficient (Wildman–Crippen LogP) is 6.34. The smallest absolute Gasteiger partial charge is 0.125 e. The van der Waals surface area contributed by atoms with Gasteiger partial charge in [-0.2, -0.15) is 0 Å². The summed E-state index contributed by atoms with van der Waals surface area (Å²) >= 11 is 14.4. The molecule has 0 saturated heterocycles. The Kier molecular flexibility index (Phi) is 6.24. The molecule has 102 valence electrons. The van der Waals surface area contributed by atoms with Crippen molar-refractivity contribution in [3.63, 3.8) is 0 Å². The van der Waals surface area contributed by atoms with Crippen LogP contribution in [0.25, 0.3) is 0 Å². The van der Waals surface area contributed by atoms with Gasteiger partial charge in [0.1, 0.15) is 11.6 Å². The van der Waals surface area contributed by atoms with Crippen molar-refractivity contribution in [2.75, 3.05) is 0 Å². The van der Waals surface area contributed by atoms with E-state index in [-0.39, 0.29) is 11.6 Å². The van der Waals surface area contributed by atoms with Crippen molar-refractivity contribution in [3.8, 4) is 0 Å². The van der Waals surface area contributed by atoms with Gasteiger partial charge in [0, 0.05) is 14.5 Å². The van der Waals surface area contributed by atoms with Gasteiger partial charge in [-0.3, -0.25) is 0 Å². The number of hydrogen-bond acceptors (Lipinski definition) is 0. The Hall–Kier alpha value is -0.640. The van der Waals surface area contributed by atoms with Crippen molar-refractivity contribution in [2.24, 2.45) is 0 Å². The average molecular weight is 368 g/mol. The fourth-order valence-electron chi connectivity index (χ4n) is 1.18. The molecule has 0 aromatic heterocycles. The molecule has 2 aromatic rings. The summed E-state index contributed by atoms with van der Waals surface area (Å²) in [7, 11) is 0. The maximum absolute atomic E-state index is 12.5. The Labute approximate surface area is 129 Å². The summed E-state index contributed by atoms with van der Waals surface area (Å²) in [5.74, 6) is -0.604. The van der Waals surface area contributed by atoms with Gasteiger partial charge in [-0.15, -0.1) is 0 Å². The molecule has 2 aromatic carbocycles. The fourth-order valence-corrected chi connectivity index (χ4v) is 2.10. The third-order valence-electron chi connectivity index (χ3n) is 2.38. The van der Waals surface area contributed by atoms with E-state index in [1.54, 1.807) is 6.07 Å². The van der Waals surface area contributed by atoms with Crippen molar-refractivity contribution in [3.05, 3.63) is 67.6 Å². The molecule has 0 spiro atoms. The monoisotopic (exact) mass is 366 g/mol. The third-order valence-corrected chi connectivity index (χ3v) is 4.00. The first-order valence-electron chi connectivity index (χ1n) is 5.34. The lowest BCUT2D eigenvalue weighted by Crippen LogP contribution is -1.80. The Bertz CT molecular complexity index is 563. The van der Waals surface area contributed by atoms with Gasteiger partial charge < -0.3 is 0 Å². The lowest BCUT2D eigenvalue weighted by atomic mass is 10.2. The van der Waals surface area contributed by atoms with E-state index in [0.717, 1.165) is 11.1 Å². The van der Waals surface area contributed by atoms with Gasteiger partial charge in [0.05, 0.1) is 0 Å². The minimum atomic E-state index is -0.317. The van der Waals surface area contributed by atoms with Crippen LogP contribution < -0.4 is 0 Å². The predicted molar refractivity (Wildman–Crippen MR) is 80.0 cm³/mol. The molecule has 0 fully saturated rings. The summed E-state index contributed by atoms with van der Waals surface area (Å²) in [6.07, 6.45) is 0. The highest BCUT2D eigenvalue weighted by molar-refractivity contribution is 9.10. The number of hydrogen-bond donors (Lipinski definition) is 0. The molecule has 0 atom stereocenters. The Morgan fingerprint density at radius 3 is 1.95 bits per heavy atom. The minimum absolute atomic E-state index is 0.286. The maximum atomic E-state index is 12.5. The van der Waals surface area contributed by atoms with Crippen LogP contribution in [-0.4, -0.2) is 0 Å². The second kappa shape index (κ2) is 7.22. The normalized spacial score (nSPS) is 9.84. The fraction of sp³-hybridized carbons (Fsp3) is 0.143. The number of benzene rings is 2. The van der Waals surface area contributed by atoms with Gasteiger partial charge in [0.25, 0.3) is 0 Å². The highest BCUT2D eigenvalue weighted by Gasteiger charge is 2.01. The molecule has 5 heteroatoms. The van der Waals surface area contributed by atoms with Gasteiger partial charge in [-0.1, -0.05) is 45.2 Å². The second-order valence-corrected chi connectivity index (χ2v) is 5.56. The zero-order valence-corrected chi connectivity index (χ0v) is 13.4. The third kappa shape index (κ3) is 5.09. The summed E-state index contributed by atoms with van der Waals surface area (Å²) in [6.45, 7) is 3.66. The van der Waals surface area contributed by atoms with Crippen LogP contribution in [-0.2, 0) is 0 Å². The summed E-state index contributed by atoms with van der Waals surface area (Å²) in [6, 6.07) is 7.03. The van der Waals surface area contributed by atoms with Crippen molar-refractivity contribution in [2.45, 2.75) is 13.8 Å². The van der Waals surface area contributed by atoms with Gasteiger partial charge >= 0.3 is 0 Å². The molecule has 19 heavy (non-hydrogen) atoms. The van der Waals surface area contributed by atoms with Crippen LogP contribution >= 0.6 is 39.1 Å². The van der Waals surface area contributed by atoms with Crippen LogP contribution in [0.3, 0.4) is 0 Å². The molecule has 0 unspecified atom stereocenters. The molecule has 0 N–H and O–H groups in total. The average Bonchev–Trinajstić information content (AvgIpc) is 2.32. The SMILES string of the molecule is Cc1c(Cl)cc(F)cc1Br.Cc1ccc(F)cc1Cl. The van der Waals surface area contributed by atoms with Gasteiger partial charge in [-0.05, 0) is 49.2 Å². The Morgan fingerprint density at radius 1 is 0.895 bits per heavy atom. The van der Waals surface area contributed by atoms with Crippen LogP contribution in [0.4, 0.5) is 8.78 Å². The molecule has 0 aliphatic carbocycles. The van der Waals surface area contributed by atoms with Crippen molar-refractivity contribution >= 4 is 39.1 Å². The molecule has 0 heterocycles. The first-order valence-corrected chi connectivity index (χ1v) is 6.89. The van der Waals surface area contributed by atoms with E-state index < -0.39 is 0 Å². The van der Waals surface area contributed by atoms with Gasteiger partial charge in [0.15, 0.2) is 0 Å². The van der Waals surface area contributed by atoms with Crippen LogP contribution in [0.5, 0.6) is 0 Å². The quantitative estimate of drug-likeness (QED) is 0.509. The molecular formula is C14H11BrCl2F2. The van der Waals surface area contributed by atoms with E-state index in [4.69, 9.17) is 23.2 Å². The first kappa shape index (κ1) is 16.4.